The van der Waals surface area contributed by atoms with Gasteiger partial charge in [-0.1, -0.05) is 48.5 Å². The van der Waals surface area contributed by atoms with Crippen molar-refractivity contribution in [2.75, 3.05) is 26.2 Å². The van der Waals surface area contributed by atoms with E-state index < -0.39 is 0 Å². The molecule has 164 valence electrons. The van der Waals surface area contributed by atoms with Crippen LogP contribution in [-0.2, 0) is 11.2 Å². The van der Waals surface area contributed by atoms with Crippen LogP contribution in [0.1, 0.15) is 40.6 Å². The van der Waals surface area contributed by atoms with E-state index in [0.717, 1.165) is 18.4 Å². The number of rotatable bonds is 4. The topological polar surface area (TPSA) is 66.7 Å². The zero-order valence-corrected chi connectivity index (χ0v) is 18.0. The molecule has 6 heteroatoms. The molecule has 2 aliphatic heterocycles. The van der Waals surface area contributed by atoms with Gasteiger partial charge in [-0.15, -0.1) is 0 Å². The molecule has 1 spiro atoms. The standard InChI is InChI=1S/C26H27N3O3/c30-23(17-20-7-3-1-4-8-20)28-14-11-26(12-15-28)19-29(18-22(26)24-27-13-16-32-24)25(31)21-9-5-2-6-10-21/h1-10,13,16,22H,11-12,14-15,17-19H2. The second-order valence-corrected chi connectivity index (χ2v) is 8.88. The molecule has 32 heavy (non-hydrogen) atoms. The fourth-order valence-electron chi connectivity index (χ4n) is 5.22. The Morgan fingerprint density at radius 3 is 2.31 bits per heavy atom. The molecule has 1 aromatic heterocycles. The Balaban J connectivity index is 1.32. The molecule has 1 unspecified atom stereocenters. The lowest BCUT2D eigenvalue weighted by Crippen LogP contribution is -2.46. The summed E-state index contributed by atoms with van der Waals surface area (Å²) in [7, 11) is 0. The van der Waals surface area contributed by atoms with Gasteiger partial charge in [-0.2, -0.15) is 0 Å². The summed E-state index contributed by atoms with van der Waals surface area (Å²) in [6.45, 7) is 2.63. The molecule has 0 radical (unpaired) electrons. The summed E-state index contributed by atoms with van der Waals surface area (Å²) in [5, 5.41) is 0. The summed E-state index contributed by atoms with van der Waals surface area (Å²) >= 11 is 0. The Labute approximate surface area is 187 Å². The number of amides is 2. The SMILES string of the molecule is O=C(Cc1ccccc1)N1CCC2(CC1)CN(C(=O)c1ccccc1)CC2c1ncco1. The molecule has 3 aromatic rings. The van der Waals surface area contributed by atoms with Crippen molar-refractivity contribution in [1.29, 1.82) is 0 Å². The van der Waals surface area contributed by atoms with Crippen molar-refractivity contribution >= 4 is 11.8 Å². The molecule has 2 amide bonds. The summed E-state index contributed by atoms with van der Waals surface area (Å²) < 4.78 is 5.70. The molecule has 6 nitrogen and oxygen atoms in total. The highest BCUT2D eigenvalue weighted by Crippen LogP contribution is 2.49. The summed E-state index contributed by atoms with van der Waals surface area (Å²) in [6.07, 6.45) is 5.36. The van der Waals surface area contributed by atoms with Crippen molar-refractivity contribution < 1.29 is 14.0 Å². The number of benzene rings is 2. The highest BCUT2D eigenvalue weighted by Gasteiger charge is 2.52. The molecule has 0 saturated carbocycles. The van der Waals surface area contributed by atoms with Gasteiger partial charge in [0.2, 0.25) is 5.91 Å². The molecule has 0 aliphatic carbocycles. The lowest BCUT2D eigenvalue weighted by atomic mass is 9.70. The van der Waals surface area contributed by atoms with E-state index in [1.54, 1.807) is 12.5 Å². The highest BCUT2D eigenvalue weighted by atomic mass is 16.3. The molecule has 2 saturated heterocycles. The number of likely N-dealkylation sites (tertiary alicyclic amines) is 2. The minimum atomic E-state index is -0.126. The van der Waals surface area contributed by atoms with Gasteiger partial charge in [-0.25, -0.2) is 4.98 Å². The smallest absolute Gasteiger partial charge is 0.253 e. The fraction of sp³-hybridized carbons (Fsp3) is 0.346. The molecule has 0 bridgehead atoms. The van der Waals surface area contributed by atoms with Gasteiger partial charge in [0.1, 0.15) is 6.26 Å². The van der Waals surface area contributed by atoms with Crippen molar-refractivity contribution in [3.05, 3.63) is 90.1 Å². The monoisotopic (exact) mass is 429 g/mol. The minimum Gasteiger partial charge on any atom is -0.449 e. The predicted molar refractivity (Wildman–Crippen MR) is 120 cm³/mol. The molecule has 2 fully saturated rings. The molecule has 5 rings (SSSR count). The second kappa shape index (κ2) is 8.61. The first-order valence-electron chi connectivity index (χ1n) is 11.2. The number of piperidine rings is 1. The third kappa shape index (κ3) is 3.93. The van der Waals surface area contributed by atoms with Gasteiger partial charge >= 0.3 is 0 Å². The van der Waals surface area contributed by atoms with Gasteiger partial charge < -0.3 is 14.2 Å². The third-order valence-electron chi connectivity index (χ3n) is 7.02. The molecule has 3 heterocycles. The van der Waals surface area contributed by atoms with Crippen molar-refractivity contribution in [3.8, 4) is 0 Å². The average Bonchev–Trinajstić information content (AvgIpc) is 3.49. The van der Waals surface area contributed by atoms with E-state index in [0.29, 0.717) is 44.1 Å². The fourth-order valence-corrected chi connectivity index (χ4v) is 5.22. The van der Waals surface area contributed by atoms with Crippen LogP contribution in [0.15, 0.2) is 77.5 Å². The van der Waals surface area contributed by atoms with Crippen LogP contribution in [0.5, 0.6) is 0 Å². The van der Waals surface area contributed by atoms with Gasteiger partial charge in [0.15, 0.2) is 5.89 Å². The van der Waals surface area contributed by atoms with E-state index in [-0.39, 0.29) is 23.1 Å². The van der Waals surface area contributed by atoms with Crippen molar-refractivity contribution in [2.24, 2.45) is 5.41 Å². The quantitative estimate of drug-likeness (QED) is 0.633. The zero-order valence-electron chi connectivity index (χ0n) is 18.0. The van der Waals surface area contributed by atoms with E-state index in [1.165, 1.54) is 0 Å². The Morgan fingerprint density at radius 2 is 1.66 bits per heavy atom. The molecular formula is C26H27N3O3. The van der Waals surface area contributed by atoms with Crippen LogP contribution in [0.3, 0.4) is 0 Å². The lowest BCUT2D eigenvalue weighted by Gasteiger charge is -2.41. The number of nitrogens with zero attached hydrogens (tertiary/aromatic N) is 3. The maximum Gasteiger partial charge on any atom is 0.253 e. The first kappa shape index (κ1) is 20.5. The average molecular weight is 430 g/mol. The number of hydrogen-bond donors (Lipinski definition) is 0. The van der Waals surface area contributed by atoms with Crippen molar-refractivity contribution in [1.82, 2.24) is 14.8 Å². The van der Waals surface area contributed by atoms with Crippen LogP contribution in [-0.4, -0.2) is 52.8 Å². The molecular weight excluding hydrogens is 402 g/mol. The van der Waals surface area contributed by atoms with Crippen molar-refractivity contribution in [3.63, 3.8) is 0 Å². The number of hydrogen-bond acceptors (Lipinski definition) is 4. The van der Waals surface area contributed by atoms with Crippen LogP contribution in [0.4, 0.5) is 0 Å². The van der Waals surface area contributed by atoms with E-state index in [4.69, 9.17) is 4.42 Å². The van der Waals surface area contributed by atoms with E-state index >= 15 is 0 Å². The molecule has 1 atom stereocenters. The number of carbonyl (C=O) groups excluding carboxylic acids is 2. The molecule has 2 aromatic carbocycles. The van der Waals surface area contributed by atoms with E-state index in [1.807, 2.05) is 70.5 Å². The summed E-state index contributed by atoms with van der Waals surface area (Å²) in [4.78, 5) is 34.4. The summed E-state index contributed by atoms with van der Waals surface area (Å²) in [5.41, 5.74) is 1.61. The minimum absolute atomic E-state index is 0.0385. The van der Waals surface area contributed by atoms with Crippen LogP contribution >= 0.6 is 0 Å². The summed E-state index contributed by atoms with van der Waals surface area (Å²) in [6, 6.07) is 19.3. The largest absolute Gasteiger partial charge is 0.449 e. The first-order chi connectivity index (χ1) is 15.6. The number of oxazole rings is 1. The Bertz CT molecular complexity index is 1060. The molecule has 2 aliphatic rings. The van der Waals surface area contributed by atoms with Crippen LogP contribution in [0.25, 0.3) is 0 Å². The van der Waals surface area contributed by atoms with Gasteiger partial charge in [-0.3, -0.25) is 9.59 Å². The number of aromatic nitrogens is 1. The maximum absolute atomic E-state index is 13.2. The normalized spacial score (nSPS) is 19.9. The maximum atomic E-state index is 13.2. The van der Waals surface area contributed by atoms with Crippen LogP contribution in [0.2, 0.25) is 0 Å². The first-order valence-corrected chi connectivity index (χ1v) is 11.2. The third-order valence-corrected chi connectivity index (χ3v) is 7.02. The van der Waals surface area contributed by atoms with Gasteiger partial charge in [0.05, 0.1) is 18.5 Å². The van der Waals surface area contributed by atoms with Crippen LogP contribution in [0, 0.1) is 5.41 Å². The lowest BCUT2D eigenvalue weighted by molar-refractivity contribution is -0.132. The highest BCUT2D eigenvalue weighted by molar-refractivity contribution is 5.94. The zero-order chi connectivity index (χ0) is 22.0. The predicted octanol–water partition coefficient (Wildman–Crippen LogP) is 3.77. The second-order valence-electron chi connectivity index (χ2n) is 8.88. The van der Waals surface area contributed by atoms with E-state index in [9.17, 15) is 9.59 Å². The van der Waals surface area contributed by atoms with Gasteiger partial charge in [0.25, 0.3) is 5.91 Å². The van der Waals surface area contributed by atoms with Crippen molar-refractivity contribution in [2.45, 2.75) is 25.2 Å². The molecule has 0 N–H and O–H groups in total. The summed E-state index contributed by atoms with van der Waals surface area (Å²) in [5.74, 6) is 0.935. The van der Waals surface area contributed by atoms with E-state index in [2.05, 4.69) is 4.98 Å². The van der Waals surface area contributed by atoms with Crippen LogP contribution < -0.4 is 0 Å². The Hall–Kier alpha value is -3.41. The van der Waals surface area contributed by atoms with Gasteiger partial charge in [-0.05, 0) is 30.5 Å². The Kier molecular flexibility index (Phi) is 5.52. The number of carbonyl (C=O) groups is 2. The Morgan fingerprint density at radius 1 is 0.969 bits per heavy atom. The van der Waals surface area contributed by atoms with Gasteiger partial charge in [0, 0.05) is 37.2 Å².